The van der Waals surface area contributed by atoms with Crippen molar-refractivity contribution < 1.29 is 13.9 Å². The molecule has 5 aromatic heterocycles. The van der Waals surface area contributed by atoms with Crippen LogP contribution >= 0.6 is 0 Å². The molecule has 0 bridgehead atoms. The van der Waals surface area contributed by atoms with Crippen LogP contribution < -0.4 is 4.74 Å². The molecule has 0 saturated heterocycles. The van der Waals surface area contributed by atoms with Crippen molar-refractivity contribution in [1.29, 1.82) is 0 Å². The molecule has 0 radical (unpaired) electrons. The van der Waals surface area contributed by atoms with Gasteiger partial charge >= 0.3 is 0 Å². The van der Waals surface area contributed by atoms with Crippen LogP contribution in [-0.2, 0) is 6.42 Å². The number of aromatic nitrogens is 6. The first-order valence-electron chi connectivity index (χ1n) is 10.1. The lowest BCUT2D eigenvalue weighted by molar-refractivity contribution is 0.0689. The standard InChI is InChI=1S/C22H18FN7O2/c1-32-13-4-5-18-14(10-26-30(18)11-13)22(31)28-8-6-16-20(25-12-24-16)21(28)17-9-19-15(23)3-2-7-29(19)27-17/h2-5,7,9-12,21H,6,8H2,1H3,(H,24,25)/t21-/m1/s1. The number of carbonyl (C=O) groups is 1. The van der Waals surface area contributed by atoms with Crippen LogP contribution in [0.5, 0.6) is 5.75 Å². The highest BCUT2D eigenvalue weighted by Gasteiger charge is 2.37. The van der Waals surface area contributed by atoms with Crippen molar-refractivity contribution in [2.24, 2.45) is 0 Å². The Morgan fingerprint density at radius 1 is 1.25 bits per heavy atom. The molecule has 1 atom stereocenters. The highest BCUT2D eigenvalue weighted by atomic mass is 19.1. The molecular formula is C22H18FN7O2. The second-order valence-corrected chi connectivity index (χ2v) is 7.63. The highest BCUT2D eigenvalue weighted by Crippen LogP contribution is 2.35. The molecule has 6 heterocycles. The molecule has 1 amide bonds. The van der Waals surface area contributed by atoms with E-state index in [4.69, 9.17) is 4.74 Å². The van der Waals surface area contributed by atoms with Gasteiger partial charge in [0.2, 0.25) is 0 Å². The van der Waals surface area contributed by atoms with E-state index >= 15 is 0 Å². The predicted molar refractivity (Wildman–Crippen MR) is 112 cm³/mol. The molecule has 6 rings (SSSR count). The highest BCUT2D eigenvalue weighted by molar-refractivity contribution is 6.01. The number of ether oxygens (including phenoxy) is 1. The van der Waals surface area contributed by atoms with Crippen LogP contribution in [0.4, 0.5) is 4.39 Å². The second kappa shape index (κ2) is 6.91. The Morgan fingerprint density at radius 2 is 2.16 bits per heavy atom. The number of pyridine rings is 2. The number of amides is 1. The molecule has 0 aliphatic carbocycles. The van der Waals surface area contributed by atoms with Crippen molar-refractivity contribution in [1.82, 2.24) is 34.1 Å². The lowest BCUT2D eigenvalue weighted by Crippen LogP contribution is -2.41. The molecule has 0 fully saturated rings. The first kappa shape index (κ1) is 18.6. The number of methoxy groups -OCH3 is 1. The maximum absolute atomic E-state index is 14.3. The molecule has 0 spiro atoms. The van der Waals surface area contributed by atoms with E-state index < -0.39 is 6.04 Å². The topological polar surface area (TPSA) is 92.8 Å². The summed E-state index contributed by atoms with van der Waals surface area (Å²) in [6, 6.07) is 7.69. The molecular weight excluding hydrogens is 413 g/mol. The zero-order valence-electron chi connectivity index (χ0n) is 17.1. The van der Waals surface area contributed by atoms with Crippen LogP contribution in [-0.4, -0.2) is 53.7 Å². The monoisotopic (exact) mass is 431 g/mol. The predicted octanol–water partition coefficient (Wildman–Crippen LogP) is 2.64. The van der Waals surface area contributed by atoms with Gasteiger partial charge in [-0.2, -0.15) is 10.2 Å². The number of nitrogens with zero attached hydrogens (tertiary/aromatic N) is 6. The van der Waals surface area contributed by atoms with Crippen LogP contribution in [0.1, 0.15) is 33.5 Å². The number of halogens is 1. The lowest BCUT2D eigenvalue weighted by Gasteiger charge is -2.33. The molecule has 0 saturated carbocycles. The lowest BCUT2D eigenvalue weighted by atomic mass is 9.98. The van der Waals surface area contributed by atoms with Gasteiger partial charge in [-0.3, -0.25) is 4.79 Å². The van der Waals surface area contributed by atoms with E-state index in [2.05, 4.69) is 20.2 Å². The average Bonchev–Trinajstić information content (AvgIpc) is 3.55. The largest absolute Gasteiger partial charge is 0.495 e. The Hall–Kier alpha value is -4.21. The summed E-state index contributed by atoms with van der Waals surface area (Å²) < 4.78 is 22.7. The van der Waals surface area contributed by atoms with Crippen molar-refractivity contribution >= 4 is 16.9 Å². The maximum atomic E-state index is 14.3. The molecule has 5 aromatic rings. The Kier molecular flexibility index (Phi) is 4.00. The second-order valence-electron chi connectivity index (χ2n) is 7.63. The maximum Gasteiger partial charge on any atom is 0.258 e. The van der Waals surface area contributed by atoms with Gasteiger partial charge in [-0.05, 0) is 30.3 Å². The fourth-order valence-electron chi connectivity index (χ4n) is 4.33. The van der Waals surface area contributed by atoms with Gasteiger partial charge in [-0.1, -0.05) is 0 Å². The Labute approximate surface area is 181 Å². The van der Waals surface area contributed by atoms with Gasteiger partial charge in [-0.25, -0.2) is 18.4 Å². The number of carbonyl (C=O) groups excluding carboxylic acids is 1. The van der Waals surface area contributed by atoms with Crippen LogP contribution in [0.25, 0.3) is 11.0 Å². The minimum absolute atomic E-state index is 0.193. The number of imidazole rings is 1. The van der Waals surface area contributed by atoms with E-state index in [9.17, 15) is 9.18 Å². The summed E-state index contributed by atoms with van der Waals surface area (Å²) in [5.74, 6) is 0.0726. The molecule has 0 aromatic carbocycles. The van der Waals surface area contributed by atoms with Gasteiger partial charge in [0.25, 0.3) is 5.91 Å². The number of H-pyrrole nitrogens is 1. The number of aromatic amines is 1. The first-order chi connectivity index (χ1) is 15.6. The van der Waals surface area contributed by atoms with E-state index in [1.807, 2.05) is 0 Å². The van der Waals surface area contributed by atoms with Gasteiger partial charge in [0.05, 0.1) is 48.3 Å². The van der Waals surface area contributed by atoms with E-state index in [0.717, 1.165) is 5.69 Å². The van der Waals surface area contributed by atoms with E-state index in [1.165, 1.54) is 10.6 Å². The van der Waals surface area contributed by atoms with E-state index in [0.29, 0.717) is 46.7 Å². The van der Waals surface area contributed by atoms with Crippen molar-refractivity contribution in [3.05, 3.63) is 83.7 Å². The fourth-order valence-corrected chi connectivity index (χ4v) is 4.33. The summed E-state index contributed by atoms with van der Waals surface area (Å²) in [5, 5.41) is 8.89. The zero-order chi connectivity index (χ0) is 21.8. The smallest absolute Gasteiger partial charge is 0.258 e. The third kappa shape index (κ3) is 2.69. The van der Waals surface area contributed by atoms with Gasteiger partial charge in [0, 0.05) is 24.9 Å². The zero-order valence-corrected chi connectivity index (χ0v) is 17.1. The summed E-state index contributed by atoms with van der Waals surface area (Å²) >= 11 is 0. The van der Waals surface area contributed by atoms with E-state index in [-0.39, 0.29) is 11.7 Å². The average molecular weight is 431 g/mol. The van der Waals surface area contributed by atoms with Crippen molar-refractivity contribution in [2.75, 3.05) is 13.7 Å². The number of rotatable bonds is 3. The van der Waals surface area contributed by atoms with Gasteiger partial charge < -0.3 is 14.6 Å². The van der Waals surface area contributed by atoms with Crippen LogP contribution in [0.15, 0.2) is 55.2 Å². The normalized spacial score (nSPS) is 15.9. The number of hydrogen-bond acceptors (Lipinski definition) is 5. The third-order valence-electron chi connectivity index (χ3n) is 5.89. The molecule has 10 heteroatoms. The van der Waals surface area contributed by atoms with Crippen LogP contribution in [0.3, 0.4) is 0 Å². The molecule has 1 aliphatic heterocycles. The Bertz CT molecular complexity index is 1480. The molecule has 32 heavy (non-hydrogen) atoms. The summed E-state index contributed by atoms with van der Waals surface area (Å²) in [4.78, 5) is 23.1. The minimum Gasteiger partial charge on any atom is -0.495 e. The summed E-state index contributed by atoms with van der Waals surface area (Å²) in [6.07, 6.45) is 7.20. The molecule has 9 nitrogen and oxygen atoms in total. The molecule has 1 aliphatic rings. The minimum atomic E-state index is -0.551. The molecule has 1 N–H and O–H groups in total. The van der Waals surface area contributed by atoms with Gasteiger partial charge in [0.15, 0.2) is 0 Å². The van der Waals surface area contributed by atoms with Crippen molar-refractivity contribution in [3.63, 3.8) is 0 Å². The van der Waals surface area contributed by atoms with Gasteiger partial charge in [-0.15, -0.1) is 0 Å². The number of fused-ring (bicyclic) bond motifs is 3. The van der Waals surface area contributed by atoms with Crippen LogP contribution in [0.2, 0.25) is 0 Å². The van der Waals surface area contributed by atoms with Gasteiger partial charge in [0.1, 0.15) is 23.1 Å². The van der Waals surface area contributed by atoms with Crippen molar-refractivity contribution in [2.45, 2.75) is 12.5 Å². The summed E-state index contributed by atoms with van der Waals surface area (Å²) in [5.41, 5.74) is 3.69. The number of nitrogens with one attached hydrogen (secondary N) is 1. The van der Waals surface area contributed by atoms with Crippen LogP contribution in [0, 0.1) is 5.82 Å². The Balaban J connectivity index is 1.47. The Morgan fingerprint density at radius 3 is 3.00 bits per heavy atom. The summed E-state index contributed by atoms with van der Waals surface area (Å²) in [7, 11) is 1.58. The summed E-state index contributed by atoms with van der Waals surface area (Å²) in [6.45, 7) is 0.461. The molecule has 0 unspecified atom stereocenters. The van der Waals surface area contributed by atoms with Crippen molar-refractivity contribution in [3.8, 4) is 5.75 Å². The first-order valence-corrected chi connectivity index (χ1v) is 10.1. The number of hydrogen-bond donors (Lipinski definition) is 1. The SMILES string of the molecule is COc1ccc2c(C(=O)N3CCc4[nH]cnc4[C@H]3c3cc4c(F)cccn4n3)cnn2c1. The molecule has 160 valence electrons. The quantitative estimate of drug-likeness (QED) is 0.474. The fraction of sp³-hybridized carbons (Fsp3) is 0.182. The van der Waals surface area contributed by atoms with E-state index in [1.54, 1.807) is 65.7 Å². The third-order valence-corrected chi connectivity index (χ3v) is 5.89.